The molecule has 24 heteroatoms. The Balaban J connectivity index is 0.721. The number of nitrogens with zero attached hydrogens (tertiary/aromatic N) is 8. The molecule has 5 N–H and O–H groups in total. The molecule has 2 aromatic carbocycles. The fourth-order valence-corrected chi connectivity index (χ4v) is 11.7. The van der Waals surface area contributed by atoms with E-state index >= 15 is 8.78 Å². The van der Waals surface area contributed by atoms with Gasteiger partial charge in [-0.3, -0.25) is 28.5 Å². The number of β-amino-alcohol motifs (C(OH)–C–C–N with tert-alkyl or cyclic N) is 1. The smallest absolute Gasteiger partial charge is 0.317 e. The first-order valence-corrected chi connectivity index (χ1v) is 28.2. The molecule has 5 aromatic rings. The first-order valence-electron chi connectivity index (χ1n) is 27.3. The van der Waals surface area contributed by atoms with Gasteiger partial charge in [0.15, 0.2) is 5.82 Å². The van der Waals surface area contributed by atoms with Crippen molar-refractivity contribution in [1.82, 2.24) is 55.6 Å². The lowest BCUT2D eigenvalue weighted by Crippen LogP contribution is -2.58. The number of carbonyl (C=O) groups is 5. The fraction of sp³-hybridized carbons (Fsp3) is 0.536. The van der Waals surface area contributed by atoms with E-state index in [0.717, 1.165) is 57.8 Å². The van der Waals surface area contributed by atoms with E-state index in [9.17, 15) is 29.1 Å². The zero-order chi connectivity index (χ0) is 56.7. The molecule has 21 nitrogen and oxygen atoms in total. The minimum Gasteiger partial charge on any atom is -0.391 e. The number of hydrogen-bond donors (Lipinski definition) is 5. The van der Waals surface area contributed by atoms with E-state index in [-0.39, 0.29) is 70.1 Å². The summed E-state index contributed by atoms with van der Waals surface area (Å²) in [5.41, 5.74) is 8.23. The Morgan fingerprint density at radius 2 is 1.71 bits per heavy atom. The molecule has 0 radical (unpaired) electrons. The SMILES string of the molecule is CNC(=O)N1CCc2c(c(N3CCCc4cc(-c5cnn(CCNC(=O)COCCOCC(=O)NC(C(=O)N6C[C@H](O)C[C@H]6C(=O)NCc6ccc(-c7scnc7C)cc6)C(C)(C)C)c5)c(C(F)F)cc43)nn2C2CCOCC2)C1. The van der Waals surface area contributed by atoms with Gasteiger partial charge in [0.1, 0.15) is 25.3 Å². The topological polar surface area (TPSA) is 240 Å². The van der Waals surface area contributed by atoms with Gasteiger partial charge >= 0.3 is 6.03 Å². The molecule has 430 valence electrons. The summed E-state index contributed by atoms with van der Waals surface area (Å²) < 4.78 is 50.4. The maximum Gasteiger partial charge on any atom is 0.317 e. The zero-order valence-corrected chi connectivity index (χ0v) is 46.8. The van der Waals surface area contributed by atoms with Gasteiger partial charge in [0.25, 0.3) is 6.43 Å². The number of thiazole rings is 1. The van der Waals surface area contributed by atoms with E-state index in [4.69, 9.17) is 19.3 Å². The van der Waals surface area contributed by atoms with Crippen LogP contribution in [0.25, 0.3) is 21.6 Å². The first kappa shape index (κ1) is 57.8. The first-order chi connectivity index (χ1) is 38.5. The molecule has 1 unspecified atom stereocenters. The van der Waals surface area contributed by atoms with Crippen molar-refractivity contribution in [2.24, 2.45) is 5.41 Å². The Morgan fingerprint density at radius 3 is 2.41 bits per heavy atom. The van der Waals surface area contributed by atoms with Gasteiger partial charge in [0.2, 0.25) is 23.6 Å². The van der Waals surface area contributed by atoms with Crippen molar-refractivity contribution < 1.29 is 52.1 Å². The van der Waals surface area contributed by atoms with Crippen LogP contribution in [0.15, 0.2) is 54.3 Å². The van der Waals surface area contributed by atoms with Gasteiger partial charge in [-0.05, 0) is 72.4 Å². The number of carbonyl (C=O) groups excluding carboxylic acids is 5. The number of ether oxygens (including phenoxy) is 3. The number of aliphatic hydroxyl groups excluding tert-OH is 1. The van der Waals surface area contributed by atoms with Gasteiger partial charge < -0.3 is 55.3 Å². The molecule has 7 heterocycles. The van der Waals surface area contributed by atoms with Gasteiger partial charge in [-0.1, -0.05) is 45.0 Å². The Hall–Kier alpha value is -6.86. The molecular formula is C56H72F2N12O9S. The number of nitrogens with one attached hydrogen (secondary N) is 4. The van der Waals surface area contributed by atoms with Crippen molar-refractivity contribution in [2.45, 2.75) is 117 Å². The summed E-state index contributed by atoms with van der Waals surface area (Å²) in [5.74, 6) is -1.19. The Labute approximate surface area is 467 Å². The number of fused-ring (bicyclic) bond motifs is 2. The highest BCUT2D eigenvalue weighted by Gasteiger charge is 2.45. The average molecular weight is 1130 g/mol. The van der Waals surface area contributed by atoms with Crippen LogP contribution in [0.5, 0.6) is 0 Å². The molecule has 2 fully saturated rings. The van der Waals surface area contributed by atoms with Crippen molar-refractivity contribution in [2.75, 3.05) is 77.8 Å². The molecule has 0 spiro atoms. The molecule has 80 heavy (non-hydrogen) atoms. The van der Waals surface area contributed by atoms with Crippen molar-refractivity contribution >= 4 is 52.5 Å². The number of aryl methyl sites for hydroxylation is 2. The maximum atomic E-state index is 15.1. The molecule has 3 aromatic heterocycles. The summed E-state index contributed by atoms with van der Waals surface area (Å²) in [7, 11) is 1.61. The number of halogens is 2. The van der Waals surface area contributed by atoms with Gasteiger partial charge in [-0.15, -0.1) is 11.3 Å². The van der Waals surface area contributed by atoms with E-state index < -0.39 is 60.3 Å². The number of aromatic nitrogens is 5. The Bertz CT molecular complexity index is 3010. The quantitative estimate of drug-likeness (QED) is 0.0631. The summed E-state index contributed by atoms with van der Waals surface area (Å²) in [5, 5.41) is 31.4. The zero-order valence-electron chi connectivity index (χ0n) is 46.0. The fourth-order valence-electron chi connectivity index (χ4n) is 10.9. The number of hydrogen-bond acceptors (Lipinski definition) is 14. The minimum atomic E-state index is -2.79. The summed E-state index contributed by atoms with van der Waals surface area (Å²) in [6.45, 7) is 9.97. The van der Waals surface area contributed by atoms with Gasteiger partial charge in [0, 0.05) is 100 Å². The van der Waals surface area contributed by atoms with Crippen LogP contribution in [0.3, 0.4) is 0 Å². The van der Waals surface area contributed by atoms with E-state index in [1.807, 2.05) is 42.2 Å². The summed E-state index contributed by atoms with van der Waals surface area (Å²) in [6, 6.07) is 9.19. The molecular weight excluding hydrogens is 1050 g/mol. The van der Waals surface area contributed by atoms with Crippen LogP contribution in [-0.2, 0) is 65.9 Å². The Morgan fingerprint density at radius 1 is 0.963 bits per heavy atom. The van der Waals surface area contributed by atoms with Crippen LogP contribution in [0.2, 0.25) is 0 Å². The molecule has 2 saturated heterocycles. The second-order valence-electron chi connectivity index (χ2n) is 21.8. The standard InChI is InChI=1S/C56H72F2N12O9S/c1-34-49(80-33-62-34)36-10-8-35(9-11-36)26-61-53(74)46-24-40(71)29-69(46)54(75)50(56(2,3)4)64-48(73)32-79-22-21-78-31-47(72)60-15-18-67-28-38(27-63-67)41-23-37-7-6-16-68(45(37)25-42(41)51(57)58)52-43-30-66(55(76)59-5)17-12-44(43)70(65-52)39-13-19-77-20-14-39/h8-11,23,25,27-28,33,39-40,46,50-51,71H,6-7,12-22,24,26,29-32H2,1-5H3,(H,59,76)(H,60,72)(H,61,74)(H,64,73)/t40-,46+,50?/m1/s1. The van der Waals surface area contributed by atoms with Crippen LogP contribution in [0.1, 0.15) is 92.6 Å². The molecule has 4 aliphatic heterocycles. The molecule has 0 bridgehead atoms. The number of likely N-dealkylation sites (tertiary alicyclic amines) is 1. The number of anilines is 2. The van der Waals surface area contributed by atoms with Gasteiger partial charge in [-0.2, -0.15) is 10.2 Å². The molecule has 0 saturated carbocycles. The number of amides is 6. The average Bonchev–Trinajstić information content (AvgIpc) is 4.44. The van der Waals surface area contributed by atoms with Crippen LogP contribution in [0, 0.1) is 12.3 Å². The van der Waals surface area contributed by atoms with Crippen LogP contribution in [-0.4, -0.2) is 160 Å². The maximum absolute atomic E-state index is 15.1. The highest BCUT2D eigenvalue weighted by atomic mass is 32.1. The van der Waals surface area contributed by atoms with Crippen LogP contribution < -0.4 is 26.2 Å². The third-order valence-electron chi connectivity index (χ3n) is 15.1. The lowest BCUT2D eigenvalue weighted by molar-refractivity contribution is -0.144. The van der Waals surface area contributed by atoms with E-state index in [0.29, 0.717) is 68.3 Å². The van der Waals surface area contributed by atoms with Crippen molar-refractivity contribution in [3.63, 3.8) is 0 Å². The van der Waals surface area contributed by atoms with Crippen LogP contribution in [0.4, 0.5) is 25.1 Å². The molecule has 3 atom stereocenters. The second-order valence-corrected chi connectivity index (χ2v) is 22.6. The monoisotopic (exact) mass is 1130 g/mol. The summed E-state index contributed by atoms with van der Waals surface area (Å²) in [4.78, 5) is 76.6. The van der Waals surface area contributed by atoms with Gasteiger partial charge in [0.05, 0.1) is 60.7 Å². The highest BCUT2D eigenvalue weighted by molar-refractivity contribution is 7.13. The third-order valence-corrected chi connectivity index (χ3v) is 16.1. The molecule has 4 aliphatic rings. The van der Waals surface area contributed by atoms with E-state index in [1.165, 1.54) is 4.90 Å². The predicted octanol–water partition coefficient (Wildman–Crippen LogP) is 5.21. The highest BCUT2D eigenvalue weighted by Crippen LogP contribution is 2.44. The van der Waals surface area contributed by atoms with Crippen molar-refractivity contribution in [3.05, 3.63) is 87.9 Å². The number of urea groups is 1. The van der Waals surface area contributed by atoms with Crippen molar-refractivity contribution in [1.29, 1.82) is 0 Å². The summed E-state index contributed by atoms with van der Waals surface area (Å²) >= 11 is 1.55. The number of rotatable bonds is 20. The van der Waals surface area contributed by atoms with Gasteiger partial charge in [-0.25, -0.2) is 18.6 Å². The lowest BCUT2D eigenvalue weighted by atomic mass is 9.85. The molecule has 6 amide bonds. The van der Waals surface area contributed by atoms with E-state index in [1.54, 1.807) is 72.7 Å². The second kappa shape index (κ2) is 25.7. The molecule has 0 aliphatic carbocycles. The van der Waals surface area contributed by atoms with Crippen molar-refractivity contribution in [3.8, 4) is 21.6 Å². The summed E-state index contributed by atoms with van der Waals surface area (Å²) in [6.07, 6.45) is 3.31. The Kier molecular flexibility index (Phi) is 18.6. The molecule has 9 rings (SSSR count). The van der Waals surface area contributed by atoms with Crippen LogP contribution >= 0.6 is 11.3 Å². The largest absolute Gasteiger partial charge is 0.391 e. The normalized spacial score (nSPS) is 18.0. The predicted molar refractivity (Wildman–Crippen MR) is 294 cm³/mol. The number of aliphatic hydroxyl groups is 1. The minimum absolute atomic E-state index is 0.00766. The number of alkyl halides is 2. The lowest BCUT2D eigenvalue weighted by Gasteiger charge is -2.35. The third kappa shape index (κ3) is 13.5. The van der Waals surface area contributed by atoms with E-state index in [2.05, 4.69) is 36.0 Å². The number of benzene rings is 2.